The number of aromatic nitrogens is 2. The topological polar surface area (TPSA) is 62.2 Å². The van der Waals surface area contributed by atoms with Crippen molar-refractivity contribution in [3.63, 3.8) is 0 Å². The van der Waals surface area contributed by atoms with Crippen molar-refractivity contribution in [3.8, 4) is 0 Å². The van der Waals surface area contributed by atoms with Gasteiger partial charge < -0.3 is 5.32 Å². The van der Waals surface area contributed by atoms with Crippen LogP contribution in [0.2, 0.25) is 0 Å². The summed E-state index contributed by atoms with van der Waals surface area (Å²) < 4.78 is 0. The summed E-state index contributed by atoms with van der Waals surface area (Å²) >= 11 is 5.11. The van der Waals surface area contributed by atoms with Gasteiger partial charge in [-0.15, -0.1) is 0 Å². The standard InChI is InChI=1S/C14H15N5S/c20-14(17-10-7-12-5-1-3-8-15-12)19-18-11-13-6-2-4-9-16-13/h1-6,8-9,11H,7,10H2,(H2,17,19,20). The Labute approximate surface area is 123 Å². The van der Waals surface area contributed by atoms with Gasteiger partial charge in [0.25, 0.3) is 0 Å². The van der Waals surface area contributed by atoms with E-state index < -0.39 is 0 Å². The first kappa shape index (κ1) is 14.1. The van der Waals surface area contributed by atoms with Crippen molar-refractivity contribution in [1.82, 2.24) is 20.7 Å². The van der Waals surface area contributed by atoms with Crippen LogP contribution < -0.4 is 10.7 Å². The van der Waals surface area contributed by atoms with Crippen molar-refractivity contribution in [2.75, 3.05) is 6.54 Å². The van der Waals surface area contributed by atoms with Crippen molar-refractivity contribution in [1.29, 1.82) is 0 Å². The molecule has 0 bridgehead atoms. The third-order valence-corrected chi connectivity index (χ3v) is 2.68. The molecule has 5 nitrogen and oxygen atoms in total. The molecule has 20 heavy (non-hydrogen) atoms. The molecule has 2 heterocycles. The Morgan fingerprint density at radius 1 is 1.15 bits per heavy atom. The van der Waals surface area contributed by atoms with Gasteiger partial charge >= 0.3 is 0 Å². The highest BCUT2D eigenvalue weighted by atomic mass is 32.1. The fraction of sp³-hybridized carbons (Fsp3) is 0.143. The first-order valence-corrected chi connectivity index (χ1v) is 6.63. The third kappa shape index (κ3) is 5.11. The summed E-state index contributed by atoms with van der Waals surface area (Å²) in [5.74, 6) is 0. The maximum atomic E-state index is 5.11. The number of rotatable bonds is 5. The lowest BCUT2D eigenvalue weighted by molar-refractivity contribution is 0.820. The highest BCUT2D eigenvalue weighted by molar-refractivity contribution is 7.80. The van der Waals surface area contributed by atoms with E-state index in [0.29, 0.717) is 11.7 Å². The van der Waals surface area contributed by atoms with Crippen LogP contribution in [-0.2, 0) is 6.42 Å². The number of hydrazone groups is 1. The number of pyridine rings is 2. The lowest BCUT2D eigenvalue weighted by Crippen LogP contribution is -2.33. The van der Waals surface area contributed by atoms with Crippen molar-refractivity contribution in [2.45, 2.75) is 6.42 Å². The van der Waals surface area contributed by atoms with Crippen molar-refractivity contribution < 1.29 is 0 Å². The van der Waals surface area contributed by atoms with Crippen LogP contribution in [0.1, 0.15) is 11.4 Å². The summed E-state index contributed by atoms with van der Waals surface area (Å²) in [6, 6.07) is 11.5. The van der Waals surface area contributed by atoms with Crippen LogP contribution in [0.3, 0.4) is 0 Å². The summed E-state index contributed by atoms with van der Waals surface area (Å²) in [5, 5.41) is 7.55. The quantitative estimate of drug-likeness (QED) is 0.495. The molecule has 0 radical (unpaired) electrons. The summed E-state index contributed by atoms with van der Waals surface area (Å²) in [5.41, 5.74) is 4.55. The van der Waals surface area contributed by atoms with Gasteiger partial charge in [-0.05, 0) is 36.5 Å². The smallest absolute Gasteiger partial charge is 0.186 e. The zero-order valence-corrected chi connectivity index (χ0v) is 11.7. The minimum Gasteiger partial charge on any atom is -0.361 e. The van der Waals surface area contributed by atoms with Crippen molar-refractivity contribution in [2.24, 2.45) is 5.10 Å². The fourth-order valence-electron chi connectivity index (χ4n) is 1.50. The van der Waals surface area contributed by atoms with E-state index in [9.17, 15) is 0 Å². The SMILES string of the molecule is S=C(NCCc1ccccn1)NN=Cc1ccccn1. The Balaban J connectivity index is 1.67. The minimum atomic E-state index is 0.480. The molecule has 0 saturated heterocycles. The highest BCUT2D eigenvalue weighted by Gasteiger charge is 1.95. The maximum Gasteiger partial charge on any atom is 0.186 e. The first-order chi connectivity index (χ1) is 9.84. The molecule has 0 unspecified atom stereocenters. The second-order valence-corrected chi connectivity index (χ2v) is 4.36. The molecule has 6 heteroatoms. The van der Waals surface area contributed by atoms with Gasteiger partial charge in [-0.3, -0.25) is 15.4 Å². The number of hydrogen-bond donors (Lipinski definition) is 2. The largest absolute Gasteiger partial charge is 0.361 e. The molecule has 2 aromatic rings. The highest BCUT2D eigenvalue weighted by Crippen LogP contribution is 1.93. The van der Waals surface area contributed by atoms with Crippen LogP contribution in [0.15, 0.2) is 53.9 Å². The monoisotopic (exact) mass is 285 g/mol. The van der Waals surface area contributed by atoms with E-state index in [0.717, 1.165) is 17.8 Å². The Morgan fingerprint density at radius 3 is 2.65 bits per heavy atom. The molecule has 0 aliphatic carbocycles. The normalized spacial score (nSPS) is 10.4. The Morgan fingerprint density at radius 2 is 1.95 bits per heavy atom. The molecule has 2 rings (SSSR count). The maximum absolute atomic E-state index is 5.11. The number of thiocarbonyl (C=S) groups is 1. The summed E-state index contributed by atoms with van der Waals surface area (Å²) in [4.78, 5) is 8.35. The molecule has 0 amide bonds. The van der Waals surface area contributed by atoms with E-state index >= 15 is 0 Å². The van der Waals surface area contributed by atoms with E-state index in [4.69, 9.17) is 12.2 Å². The zero-order chi connectivity index (χ0) is 14.0. The van der Waals surface area contributed by atoms with E-state index in [-0.39, 0.29) is 0 Å². The van der Waals surface area contributed by atoms with E-state index in [1.807, 2.05) is 36.4 Å². The Kier molecular flexibility index (Phi) is 5.60. The molecule has 0 spiro atoms. The molecule has 102 valence electrons. The Hall–Kier alpha value is -2.34. The van der Waals surface area contributed by atoms with Gasteiger partial charge in [-0.1, -0.05) is 12.1 Å². The van der Waals surface area contributed by atoms with Crippen LogP contribution >= 0.6 is 12.2 Å². The number of nitrogens with zero attached hydrogens (tertiary/aromatic N) is 3. The van der Waals surface area contributed by atoms with Crippen LogP contribution in [0.25, 0.3) is 0 Å². The first-order valence-electron chi connectivity index (χ1n) is 6.22. The Bertz CT molecular complexity index is 556. The van der Waals surface area contributed by atoms with E-state index in [2.05, 4.69) is 25.8 Å². The van der Waals surface area contributed by atoms with Gasteiger partial charge in [0.15, 0.2) is 5.11 Å². The number of hydrogen-bond acceptors (Lipinski definition) is 4. The molecular weight excluding hydrogens is 270 g/mol. The molecule has 2 aromatic heterocycles. The summed E-state index contributed by atoms with van der Waals surface area (Å²) in [6.45, 7) is 0.710. The summed E-state index contributed by atoms with van der Waals surface area (Å²) in [7, 11) is 0. The molecule has 0 aliphatic heterocycles. The predicted molar refractivity (Wildman–Crippen MR) is 83.5 cm³/mol. The summed E-state index contributed by atoms with van der Waals surface area (Å²) in [6.07, 6.45) is 5.92. The lowest BCUT2D eigenvalue weighted by Gasteiger charge is -2.06. The van der Waals surface area contributed by atoms with Gasteiger partial charge in [0, 0.05) is 31.1 Å². The second kappa shape index (κ2) is 7.96. The van der Waals surface area contributed by atoms with Crippen LogP contribution in [0.4, 0.5) is 0 Å². The zero-order valence-electron chi connectivity index (χ0n) is 10.9. The van der Waals surface area contributed by atoms with Gasteiger partial charge in [-0.2, -0.15) is 5.10 Å². The third-order valence-electron chi connectivity index (χ3n) is 2.44. The van der Waals surface area contributed by atoms with E-state index in [1.165, 1.54) is 0 Å². The van der Waals surface area contributed by atoms with Gasteiger partial charge in [0.05, 0.1) is 11.9 Å². The molecule has 2 N–H and O–H groups in total. The molecule has 0 atom stereocenters. The van der Waals surface area contributed by atoms with E-state index in [1.54, 1.807) is 18.6 Å². The molecular formula is C14H15N5S. The predicted octanol–water partition coefficient (Wildman–Crippen LogP) is 1.52. The fourth-order valence-corrected chi connectivity index (χ4v) is 1.65. The van der Waals surface area contributed by atoms with Gasteiger partial charge in [0.1, 0.15) is 0 Å². The molecule has 0 fully saturated rings. The molecule has 0 aliphatic rings. The average Bonchev–Trinajstić information content (AvgIpc) is 2.49. The minimum absolute atomic E-state index is 0.480. The van der Waals surface area contributed by atoms with Crippen molar-refractivity contribution >= 4 is 23.5 Å². The second-order valence-electron chi connectivity index (χ2n) is 3.95. The van der Waals surface area contributed by atoms with Gasteiger partial charge in [0.2, 0.25) is 0 Å². The van der Waals surface area contributed by atoms with Crippen molar-refractivity contribution in [3.05, 3.63) is 60.2 Å². The molecule has 0 saturated carbocycles. The number of nitrogens with one attached hydrogen (secondary N) is 2. The lowest BCUT2D eigenvalue weighted by atomic mass is 10.3. The van der Waals surface area contributed by atoms with Gasteiger partial charge in [-0.25, -0.2) is 0 Å². The molecule has 0 aromatic carbocycles. The van der Waals surface area contributed by atoms with Crippen LogP contribution in [-0.4, -0.2) is 27.8 Å². The van der Waals surface area contributed by atoms with Crippen LogP contribution in [0, 0.1) is 0 Å². The average molecular weight is 285 g/mol. The van der Waals surface area contributed by atoms with Crippen LogP contribution in [0.5, 0.6) is 0 Å².